The van der Waals surface area contributed by atoms with Gasteiger partial charge in [0.2, 0.25) is 0 Å². The normalized spacial score (nSPS) is 15.4. The number of hydrogen-bond acceptors (Lipinski definition) is 5. The van der Waals surface area contributed by atoms with Crippen molar-refractivity contribution in [3.8, 4) is 0 Å². The molecule has 0 saturated carbocycles. The van der Waals surface area contributed by atoms with Crippen molar-refractivity contribution in [2.24, 2.45) is 5.92 Å². The van der Waals surface area contributed by atoms with Crippen LogP contribution in [0.25, 0.3) is 0 Å². The van der Waals surface area contributed by atoms with Gasteiger partial charge in [-0.2, -0.15) is 0 Å². The van der Waals surface area contributed by atoms with Crippen LogP contribution in [0.2, 0.25) is 0 Å². The van der Waals surface area contributed by atoms with E-state index in [0.29, 0.717) is 12.2 Å². The Hall–Kier alpha value is -2.50. The number of pyridine rings is 1. The molecule has 0 aromatic carbocycles. The number of carbonyl (C=O) groups excluding carboxylic acids is 1. The smallest absolute Gasteiger partial charge is 0.271 e. The molecule has 2 aromatic rings. The number of piperidine rings is 1. The number of anilines is 1. The van der Waals surface area contributed by atoms with E-state index in [2.05, 4.69) is 32.1 Å². The Kier molecular flexibility index (Phi) is 4.80. The van der Waals surface area contributed by atoms with Crippen molar-refractivity contribution >= 4 is 11.7 Å². The number of carbonyl (C=O) groups is 1. The van der Waals surface area contributed by atoms with Crippen molar-refractivity contribution in [2.45, 2.75) is 26.3 Å². The van der Waals surface area contributed by atoms with Crippen LogP contribution in [0.3, 0.4) is 0 Å². The number of aromatic nitrogens is 3. The molecule has 2 aromatic heterocycles. The van der Waals surface area contributed by atoms with Crippen molar-refractivity contribution in [3.63, 3.8) is 0 Å². The van der Waals surface area contributed by atoms with Crippen LogP contribution in [0, 0.1) is 5.92 Å². The molecule has 120 valence electrons. The predicted molar refractivity (Wildman–Crippen MR) is 88.1 cm³/mol. The molecule has 1 saturated heterocycles. The number of nitrogens with zero attached hydrogens (tertiary/aromatic N) is 4. The second kappa shape index (κ2) is 7.17. The molecular weight excluding hydrogens is 290 g/mol. The fourth-order valence-corrected chi connectivity index (χ4v) is 2.64. The molecule has 0 radical (unpaired) electrons. The van der Waals surface area contributed by atoms with Crippen LogP contribution < -0.4 is 10.2 Å². The van der Waals surface area contributed by atoms with E-state index in [4.69, 9.17) is 0 Å². The second-order valence-corrected chi connectivity index (χ2v) is 5.97. The Balaban J connectivity index is 1.54. The van der Waals surface area contributed by atoms with Gasteiger partial charge >= 0.3 is 0 Å². The van der Waals surface area contributed by atoms with Gasteiger partial charge < -0.3 is 10.2 Å². The Morgan fingerprint density at radius 3 is 2.70 bits per heavy atom. The molecule has 1 N–H and O–H groups in total. The molecule has 1 aliphatic heterocycles. The van der Waals surface area contributed by atoms with Crippen molar-refractivity contribution in [1.82, 2.24) is 20.3 Å². The molecular formula is C17H21N5O. The Morgan fingerprint density at radius 1 is 1.22 bits per heavy atom. The Morgan fingerprint density at radius 2 is 2.04 bits per heavy atom. The fourth-order valence-electron chi connectivity index (χ4n) is 2.64. The summed E-state index contributed by atoms with van der Waals surface area (Å²) in [6.07, 6.45) is 8.76. The summed E-state index contributed by atoms with van der Waals surface area (Å²) >= 11 is 0. The molecule has 1 amide bonds. The fraction of sp³-hybridized carbons (Fsp3) is 0.412. The largest absolute Gasteiger partial charge is 0.357 e. The van der Waals surface area contributed by atoms with Gasteiger partial charge in [-0.05, 0) is 30.4 Å². The summed E-state index contributed by atoms with van der Waals surface area (Å²) in [7, 11) is 0. The van der Waals surface area contributed by atoms with Gasteiger partial charge in [0.1, 0.15) is 11.5 Å². The van der Waals surface area contributed by atoms with Crippen LogP contribution in [0.15, 0.2) is 36.9 Å². The zero-order valence-electron chi connectivity index (χ0n) is 13.3. The van der Waals surface area contributed by atoms with E-state index in [-0.39, 0.29) is 5.91 Å². The first kappa shape index (κ1) is 15.4. The van der Waals surface area contributed by atoms with Gasteiger partial charge in [-0.15, -0.1) is 0 Å². The van der Waals surface area contributed by atoms with E-state index in [1.165, 1.54) is 25.2 Å². The molecule has 1 aliphatic rings. The van der Waals surface area contributed by atoms with E-state index >= 15 is 0 Å². The zero-order chi connectivity index (χ0) is 16.1. The first-order valence-corrected chi connectivity index (χ1v) is 7.96. The van der Waals surface area contributed by atoms with Gasteiger partial charge in [0, 0.05) is 38.2 Å². The predicted octanol–water partition coefficient (Wildman–Crippen LogP) is 2.04. The molecule has 3 heterocycles. The van der Waals surface area contributed by atoms with Crippen LogP contribution >= 0.6 is 0 Å². The monoisotopic (exact) mass is 311 g/mol. The summed E-state index contributed by atoms with van der Waals surface area (Å²) in [5.74, 6) is 1.59. The van der Waals surface area contributed by atoms with Crippen LogP contribution in [0.4, 0.5) is 5.82 Å². The average molecular weight is 311 g/mol. The van der Waals surface area contributed by atoms with Gasteiger partial charge in [0.15, 0.2) is 0 Å². The van der Waals surface area contributed by atoms with Crippen molar-refractivity contribution in [2.75, 3.05) is 18.0 Å². The standard InChI is InChI=1S/C17H21N5O/c1-13-4-8-22(9-5-13)16-3-2-14(10-20-16)11-21-17(23)15-12-18-6-7-19-15/h2-3,6-7,10,12-13H,4-5,8-9,11H2,1H3,(H,21,23). The van der Waals surface area contributed by atoms with Gasteiger partial charge in [-0.3, -0.25) is 9.78 Å². The first-order chi connectivity index (χ1) is 11.2. The molecule has 23 heavy (non-hydrogen) atoms. The van der Waals surface area contributed by atoms with Crippen LogP contribution in [-0.2, 0) is 6.54 Å². The van der Waals surface area contributed by atoms with E-state index in [1.807, 2.05) is 18.3 Å². The van der Waals surface area contributed by atoms with Crippen LogP contribution in [0.1, 0.15) is 35.8 Å². The third-order valence-electron chi connectivity index (χ3n) is 4.17. The van der Waals surface area contributed by atoms with Gasteiger partial charge in [-0.25, -0.2) is 9.97 Å². The van der Waals surface area contributed by atoms with Crippen molar-refractivity contribution in [3.05, 3.63) is 48.2 Å². The van der Waals surface area contributed by atoms with E-state index in [0.717, 1.165) is 30.4 Å². The molecule has 1 fully saturated rings. The quantitative estimate of drug-likeness (QED) is 0.935. The van der Waals surface area contributed by atoms with E-state index in [9.17, 15) is 4.79 Å². The summed E-state index contributed by atoms with van der Waals surface area (Å²) in [5, 5.41) is 2.82. The van der Waals surface area contributed by atoms with Crippen molar-refractivity contribution < 1.29 is 4.79 Å². The number of hydrogen-bond donors (Lipinski definition) is 1. The second-order valence-electron chi connectivity index (χ2n) is 5.97. The first-order valence-electron chi connectivity index (χ1n) is 7.96. The minimum absolute atomic E-state index is 0.229. The van der Waals surface area contributed by atoms with Crippen molar-refractivity contribution in [1.29, 1.82) is 0 Å². The number of nitrogens with one attached hydrogen (secondary N) is 1. The SMILES string of the molecule is CC1CCN(c2ccc(CNC(=O)c3cnccn3)cn2)CC1. The molecule has 0 bridgehead atoms. The maximum Gasteiger partial charge on any atom is 0.271 e. The molecule has 6 heteroatoms. The highest BCUT2D eigenvalue weighted by molar-refractivity contribution is 5.91. The minimum atomic E-state index is -0.229. The van der Waals surface area contributed by atoms with Crippen LogP contribution in [0.5, 0.6) is 0 Å². The highest BCUT2D eigenvalue weighted by Crippen LogP contribution is 2.21. The summed E-state index contributed by atoms with van der Waals surface area (Å²) < 4.78 is 0. The average Bonchev–Trinajstić information content (AvgIpc) is 2.61. The third-order valence-corrected chi connectivity index (χ3v) is 4.17. The summed E-state index contributed by atoms with van der Waals surface area (Å²) in [6, 6.07) is 4.04. The van der Waals surface area contributed by atoms with E-state index < -0.39 is 0 Å². The van der Waals surface area contributed by atoms with Gasteiger partial charge in [-0.1, -0.05) is 13.0 Å². The van der Waals surface area contributed by atoms with Crippen LogP contribution in [-0.4, -0.2) is 33.9 Å². The summed E-state index contributed by atoms with van der Waals surface area (Å²) in [4.78, 5) is 26.6. The topological polar surface area (TPSA) is 71.0 Å². The Bertz CT molecular complexity index is 636. The zero-order valence-corrected chi connectivity index (χ0v) is 13.3. The maximum absolute atomic E-state index is 11.9. The lowest BCUT2D eigenvalue weighted by molar-refractivity contribution is 0.0945. The minimum Gasteiger partial charge on any atom is -0.357 e. The molecule has 6 nitrogen and oxygen atoms in total. The Labute approximate surface area is 136 Å². The number of rotatable bonds is 4. The lowest BCUT2D eigenvalue weighted by atomic mass is 9.99. The molecule has 0 aliphatic carbocycles. The lowest BCUT2D eigenvalue weighted by Gasteiger charge is -2.31. The summed E-state index contributed by atoms with van der Waals surface area (Å²) in [6.45, 7) is 4.86. The number of amides is 1. The highest BCUT2D eigenvalue weighted by Gasteiger charge is 2.16. The van der Waals surface area contributed by atoms with Gasteiger partial charge in [0.25, 0.3) is 5.91 Å². The maximum atomic E-state index is 11.9. The summed E-state index contributed by atoms with van der Waals surface area (Å²) in [5.41, 5.74) is 1.29. The van der Waals surface area contributed by atoms with E-state index in [1.54, 1.807) is 6.20 Å². The lowest BCUT2D eigenvalue weighted by Crippen LogP contribution is -2.33. The molecule has 3 rings (SSSR count). The molecule has 0 spiro atoms. The molecule has 0 atom stereocenters. The highest BCUT2D eigenvalue weighted by atomic mass is 16.1. The van der Waals surface area contributed by atoms with Gasteiger partial charge in [0.05, 0.1) is 6.20 Å². The third kappa shape index (κ3) is 4.03. The molecule has 0 unspecified atom stereocenters.